The topological polar surface area (TPSA) is 86.7 Å². The van der Waals surface area contributed by atoms with Crippen molar-refractivity contribution in [2.45, 2.75) is 25.0 Å². The van der Waals surface area contributed by atoms with Gasteiger partial charge in [0, 0.05) is 0 Å². The molecule has 0 unspecified atom stereocenters. The van der Waals surface area contributed by atoms with E-state index in [0.29, 0.717) is 18.4 Å². The van der Waals surface area contributed by atoms with Crippen LogP contribution in [0.5, 0.6) is 0 Å². The van der Waals surface area contributed by atoms with E-state index in [0.717, 1.165) is 18.1 Å². The van der Waals surface area contributed by atoms with Crippen molar-refractivity contribution in [3.63, 3.8) is 0 Å². The molecule has 0 spiro atoms. The van der Waals surface area contributed by atoms with Crippen LogP contribution in [0.1, 0.15) is 23.7 Å². The van der Waals surface area contributed by atoms with E-state index in [1.54, 1.807) is 12.1 Å². The van der Waals surface area contributed by atoms with E-state index in [1.165, 1.54) is 0 Å². The second-order valence-electron chi connectivity index (χ2n) is 4.80. The molecule has 0 N–H and O–H groups in total. The second kappa shape index (κ2) is 5.44. The lowest BCUT2D eigenvalue weighted by atomic mass is 9.88. The summed E-state index contributed by atoms with van der Waals surface area (Å²) in [7, 11) is -7.42. The van der Waals surface area contributed by atoms with Crippen LogP contribution in [0.4, 0.5) is 0 Å². The van der Waals surface area contributed by atoms with Crippen molar-refractivity contribution >= 4 is 20.2 Å². The Labute approximate surface area is 119 Å². The Morgan fingerprint density at radius 3 is 2.20 bits per heavy atom. The third kappa shape index (κ3) is 4.02. The minimum absolute atomic E-state index is 0.379. The molecule has 8 heteroatoms. The molecule has 20 heavy (non-hydrogen) atoms. The zero-order chi connectivity index (χ0) is 15.0. The van der Waals surface area contributed by atoms with Gasteiger partial charge in [-0.05, 0) is 24.0 Å². The number of rotatable bonds is 4. The Hall–Kier alpha value is -0.960. The molecule has 112 valence electrons. The molecule has 2 atom stereocenters. The quantitative estimate of drug-likeness (QED) is 0.769. The summed E-state index contributed by atoms with van der Waals surface area (Å²) in [5.74, 6) is 0. The van der Waals surface area contributed by atoms with Crippen LogP contribution in [0, 0.1) is 0 Å². The van der Waals surface area contributed by atoms with E-state index in [4.69, 9.17) is 8.37 Å². The fourth-order valence-corrected chi connectivity index (χ4v) is 3.56. The normalized spacial score (nSPS) is 23.3. The van der Waals surface area contributed by atoms with Crippen molar-refractivity contribution in [1.82, 2.24) is 0 Å². The van der Waals surface area contributed by atoms with Crippen LogP contribution in [-0.4, -0.2) is 35.5 Å². The largest absolute Gasteiger partial charge is 0.265 e. The first kappa shape index (κ1) is 15.4. The predicted molar refractivity (Wildman–Crippen MR) is 73.1 cm³/mol. The highest BCUT2D eigenvalue weighted by molar-refractivity contribution is 7.86. The first-order valence-electron chi connectivity index (χ1n) is 6.00. The molecule has 1 aliphatic rings. The lowest BCUT2D eigenvalue weighted by Crippen LogP contribution is -2.33. The zero-order valence-corrected chi connectivity index (χ0v) is 12.8. The van der Waals surface area contributed by atoms with Crippen LogP contribution in [0.25, 0.3) is 0 Å². The number of fused-ring (bicyclic) bond motifs is 1. The van der Waals surface area contributed by atoms with Gasteiger partial charge >= 0.3 is 0 Å². The van der Waals surface area contributed by atoms with Gasteiger partial charge in [-0.2, -0.15) is 16.8 Å². The maximum absolute atomic E-state index is 11.4. The van der Waals surface area contributed by atoms with Gasteiger partial charge in [0.1, 0.15) is 12.2 Å². The molecule has 0 amide bonds. The van der Waals surface area contributed by atoms with Crippen molar-refractivity contribution < 1.29 is 25.2 Å². The minimum atomic E-state index is -3.73. The Kier molecular flexibility index (Phi) is 4.19. The molecule has 1 aliphatic carbocycles. The Bertz CT molecular complexity index is 692. The molecule has 0 aromatic heterocycles. The molecule has 0 saturated carbocycles. The van der Waals surface area contributed by atoms with Crippen LogP contribution in [0.3, 0.4) is 0 Å². The molecule has 0 aliphatic heterocycles. The highest BCUT2D eigenvalue weighted by atomic mass is 32.2. The average Bonchev–Trinajstić information content (AvgIpc) is 2.29. The molecular formula is C12H16O6S2. The number of hydrogen-bond acceptors (Lipinski definition) is 6. The summed E-state index contributed by atoms with van der Waals surface area (Å²) < 4.78 is 55.4. The van der Waals surface area contributed by atoms with Gasteiger partial charge < -0.3 is 0 Å². The van der Waals surface area contributed by atoms with Crippen molar-refractivity contribution in [3.05, 3.63) is 35.4 Å². The van der Waals surface area contributed by atoms with Gasteiger partial charge in [0.2, 0.25) is 0 Å². The SMILES string of the molecule is CS(=O)(=O)O[C@H]1CCc2ccccc2[C@H]1OS(C)(=O)=O. The first-order valence-corrected chi connectivity index (χ1v) is 9.63. The van der Waals surface area contributed by atoms with Gasteiger partial charge in [-0.3, -0.25) is 8.37 Å². The molecule has 1 aromatic rings. The zero-order valence-electron chi connectivity index (χ0n) is 11.1. The van der Waals surface area contributed by atoms with Gasteiger partial charge in [-0.15, -0.1) is 0 Å². The Morgan fingerprint density at radius 1 is 1.00 bits per heavy atom. The standard InChI is InChI=1S/C12H16O6S2/c1-19(13,14)17-11-8-7-9-5-3-4-6-10(9)12(11)18-20(2,15)16/h3-6,11-12H,7-8H2,1-2H3/t11-,12+/m0/s1. The summed E-state index contributed by atoms with van der Waals surface area (Å²) in [5.41, 5.74) is 1.59. The molecule has 0 heterocycles. The van der Waals surface area contributed by atoms with Gasteiger partial charge in [-0.25, -0.2) is 0 Å². The van der Waals surface area contributed by atoms with Crippen molar-refractivity contribution in [3.8, 4) is 0 Å². The summed E-state index contributed by atoms with van der Waals surface area (Å²) in [6, 6.07) is 7.18. The highest BCUT2D eigenvalue weighted by Gasteiger charge is 2.35. The van der Waals surface area contributed by atoms with E-state index in [-0.39, 0.29) is 0 Å². The third-order valence-corrected chi connectivity index (χ3v) is 4.13. The van der Waals surface area contributed by atoms with E-state index in [2.05, 4.69) is 0 Å². The van der Waals surface area contributed by atoms with Crippen molar-refractivity contribution in [2.24, 2.45) is 0 Å². The van der Waals surface area contributed by atoms with Crippen LogP contribution in [-0.2, 0) is 35.0 Å². The maximum atomic E-state index is 11.4. The van der Waals surface area contributed by atoms with Crippen molar-refractivity contribution in [2.75, 3.05) is 12.5 Å². The molecule has 6 nitrogen and oxygen atoms in total. The van der Waals surface area contributed by atoms with Gasteiger partial charge in [0.15, 0.2) is 0 Å². The fourth-order valence-electron chi connectivity index (χ4n) is 2.31. The molecule has 2 rings (SSSR count). The van der Waals surface area contributed by atoms with Gasteiger partial charge in [0.25, 0.3) is 20.2 Å². The lowest BCUT2D eigenvalue weighted by molar-refractivity contribution is 0.0502. The molecular weight excluding hydrogens is 304 g/mol. The summed E-state index contributed by atoms with van der Waals surface area (Å²) in [5, 5.41) is 0. The summed E-state index contributed by atoms with van der Waals surface area (Å²) in [6.07, 6.45) is 1.08. The van der Waals surface area contributed by atoms with Gasteiger partial charge in [-0.1, -0.05) is 24.3 Å². The minimum Gasteiger partial charge on any atom is -0.264 e. The van der Waals surface area contributed by atoms with E-state index in [9.17, 15) is 16.8 Å². The van der Waals surface area contributed by atoms with Crippen LogP contribution in [0.2, 0.25) is 0 Å². The predicted octanol–water partition coefficient (Wildman–Crippen LogP) is 0.995. The average molecular weight is 320 g/mol. The maximum Gasteiger partial charge on any atom is 0.265 e. The fraction of sp³-hybridized carbons (Fsp3) is 0.500. The number of aryl methyl sites for hydroxylation is 1. The van der Waals surface area contributed by atoms with E-state index < -0.39 is 32.4 Å². The summed E-state index contributed by atoms with van der Waals surface area (Å²) in [6.45, 7) is 0. The lowest BCUT2D eigenvalue weighted by Gasteiger charge is -2.31. The summed E-state index contributed by atoms with van der Waals surface area (Å²) in [4.78, 5) is 0. The Morgan fingerprint density at radius 2 is 1.60 bits per heavy atom. The Balaban J connectivity index is 2.40. The first-order chi connectivity index (χ1) is 9.16. The second-order valence-corrected chi connectivity index (χ2v) is 8.00. The summed E-state index contributed by atoms with van der Waals surface area (Å²) >= 11 is 0. The number of hydrogen-bond donors (Lipinski definition) is 0. The smallest absolute Gasteiger partial charge is 0.264 e. The van der Waals surface area contributed by atoms with Crippen LogP contribution < -0.4 is 0 Å². The van der Waals surface area contributed by atoms with Gasteiger partial charge in [0.05, 0.1) is 12.5 Å². The molecule has 0 saturated heterocycles. The molecule has 0 fully saturated rings. The highest BCUT2D eigenvalue weighted by Crippen LogP contribution is 2.36. The number of benzene rings is 1. The van der Waals surface area contributed by atoms with E-state index >= 15 is 0 Å². The third-order valence-electron chi connectivity index (χ3n) is 2.97. The van der Waals surface area contributed by atoms with Crippen molar-refractivity contribution in [1.29, 1.82) is 0 Å². The monoisotopic (exact) mass is 320 g/mol. The molecule has 0 radical (unpaired) electrons. The molecule has 0 bridgehead atoms. The van der Waals surface area contributed by atoms with E-state index in [1.807, 2.05) is 12.1 Å². The molecule has 1 aromatic carbocycles. The van der Waals surface area contributed by atoms with Crippen LogP contribution in [0.15, 0.2) is 24.3 Å². The van der Waals surface area contributed by atoms with Crippen LogP contribution >= 0.6 is 0 Å².